The highest BCUT2D eigenvalue weighted by Gasteiger charge is 2.39. The van der Waals surface area contributed by atoms with Crippen molar-refractivity contribution in [3.8, 4) is 0 Å². The molecule has 1 atom stereocenters. The minimum absolute atomic E-state index is 0.0301. The van der Waals surface area contributed by atoms with Crippen molar-refractivity contribution in [2.24, 2.45) is 5.92 Å². The molecule has 0 saturated heterocycles. The van der Waals surface area contributed by atoms with Gasteiger partial charge in [0.15, 0.2) is 0 Å². The van der Waals surface area contributed by atoms with Gasteiger partial charge in [0.25, 0.3) is 23.6 Å². The van der Waals surface area contributed by atoms with Crippen molar-refractivity contribution in [2.75, 3.05) is 19.9 Å². The second-order valence-corrected chi connectivity index (χ2v) is 8.72. The number of carbonyl (C=O) groups excluding carboxylic acids is 4. The van der Waals surface area contributed by atoms with Crippen LogP contribution in [0.3, 0.4) is 0 Å². The first-order chi connectivity index (χ1) is 16.0. The van der Waals surface area contributed by atoms with Crippen molar-refractivity contribution in [3.63, 3.8) is 0 Å². The molecule has 2 aromatic carbocycles. The molecular formula is C26H29N3O4. The molecule has 2 aromatic rings. The van der Waals surface area contributed by atoms with E-state index in [9.17, 15) is 19.2 Å². The summed E-state index contributed by atoms with van der Waals surface area (Å²) in [6.07, 6.45) is 4.09. The molecule has 0 aromatic heterocycles. The molecule has 0 radical (unpaired) electrons. The van der Waals surface area contributed by atoms with Gasteiger partial charge in [-0.25, -0.2) is 0 Å². The molecule has 0 unspecified atom stereocenters. The summed E-state index contributed by atoms with van der Waals surface area (Å²) in [5.74, 6) is -1.04. The van der Waals surface area contributed by atoms with Crippen LogP contribution in [-0.4, -0.2) is 58.2 Å². The second kappa shape index (κ2) is 9.67. The molecule has 0 spiro atoms. The molecule has 4 amide bonds. The number of fused-ring (bicyclic) bond motifs is 2. The highest BCUT2D eigenvalue weighted by Crippen LogP contribution is 2.26. The maximum absolute atomic E-state index is 12.9. The monoisotopic (exact) mass is 447 g/mol. The fraction of sp³-hybridized carbons (Fsp3) is 0.385. The van der Waals surface area contributed by atoms with E-state index < -0.39 is 0 Å². The van der Waals surface area contributed by atoms with E-state index >= 15 is 0 Å². The van der Waals surface area contributed by atoms with Crippen molar-refractivity contribution in [1.29, 1.82) is 0 Å². The van der Waals surface area contributed by atoms with E-state index in [0.717, 1.165) is 25.7 Å². The van der Waals surface area contributed by atoms with Gasteiger partial charge in [0.05, 0.1) is 35.6 Å². The zero-order valence-electron chi connectivity index (χ0n) is 19.1. The molecule has 0 saturated carbocycles. The van der Waals surface area contributed by atoms with Gasteiger partial charge in [-0.1, -0.05) is 57.4 Å². The number of hydrogen-bond donors (Lipinski definition) is 0. The lowest BCUT2D eigenvalue weighted by molar-refractivity contribution is 0.0358. The first kappa shape index (κ1) is 22.9. The van der Waals surface area contributed by atoms with Gasteiger partial charge in [0.1, 0.15) is 0 Å². The highest BCUT2D eigenvalue weighted by atomic mass is 16.2. The minimum atomic E-state index is -0.343. The van der Waals surface area contributed by atoms with Gasteiger partial charge in [-0.3, -0.25) is 33.9 Å². The second-order valence-electron chi connectivity index (χ2n) is 8.72. The van der Waals surface area contributed by atoms with Crippen LogP contribution >= 0.6 is 0 Å². The van der Waals surface area contributed by atoms with Crippen LogP contribution in [0, 0.1) is 5.92 Å². The number of nitrogens with zero attached hydrogens (tertiary/aromatic N) is 3. The lowest BCUT2D eigenvalue weighted by Gasteiger charge is -2.32. The first-order valence-electron chi connectivity index (χ1n) is 11.6. The summed E-state index contributed by atoms with van der Waals surface area (Å²) in [5.41, 5.74) is 1.56. The zero-order chi connectivity index (χ0) is 23.5. The summed E-state index contributed by atoms with van der Waals surface area (Å²) in [6, 6.07) is 13.6. The van der Waals surface area contributed by atoms with Gasteiger partial charge in [0, 0.05) is 6.54 Å². The Kier molecular flexibility index (Phi) is 6.70. The molecule has 0 N–H and O–H groups in total. The van der Waals surface area contributed by atoms with Gasteiger partial charge >= 0.3 is 0 Å². The smallest absolute Gasteiger partial charge is 0.262 e. The third-order valence-electron chi connectivity index (χ3n) is 6.50. The molecule has 2 heterocycles. The standard InChI is InChI=1S/C26H29N3O4/c1-3-5-10-18(4-2)15-27(16-28-23(30)19-11-6-7-12-20(19)24(28)31)17-29-25(32)21-13-8-9-14-22(21)26(29)33/h6-9,11-14,18H,3-5,10,15-17H2,1-2H3/t18-/m1/s1. The van der Waals surface area contributed by atoms with Crippen LogP contribution in [0.25, 0.3) is 0 Å². The van der Waals surface area contributed by atoms with Crippen LogP contribution in [0.4, 0.5) is 0 Å². The van der Waals surface area contributed by atoms with Gasteiger partial charge in [0.2, 0.25) is 0 Å². The molecule has 2 aliphatic rings. The van der Waals surface area contributed by atoms with Crippen molar-refractivity contribution in [2.45, 2.75) is 39.5 Å². The van der Waals surface area contributed by atoms with Crippen LogP contribution in [0.5, 0.6) is 0 Å². The van der Waals surface area contributed by atoms with Gasteiger partial charge in [-0.05, 0) is 36.6 Å². The first-order valence-corrected chi connectivity index (χ1v) is 11.6. The maximum atomic E-state index is 12.9. The number of rotatable bonds is 10. The van der Waals surface area contributed by atoms with E-state index in [1.807, 2.05) is 4.90 Å². The molecule has 33 heavy (non-hydrogen) atoms. The fourth-order valence-electron chi connectivity index (χ4n) is 4.58. The molecule has 7 heteroatoms. The topological polar surface area (TPSA) is 78.0 Å². The quantitative estimate of drug-likeness (QED) is 0.514. The summed E-state index contributed by atoms with van der Waals surface area (Å²) < 4.78 is 0. The molecule has 7 nitrogen and oxygen atoms in total. The SMILES string of the molecule is CCCC[C@@H](CC)CN(CN1C(=O)c2ccccc2C1=O)CN1C(=O)c2ccccc2C1=O. The third kappa shape index (κ3) is 4.33. The summed E-state index contributed by atoms with van der Waals surface area (Å²) in [6.45, 7) is 4.90. The summed E-state index contributed by atoms with van der Waals surface area (Å²) >= 11 is 0. The van der Waals surface area contributed by atoms with E-state index in [4.69, 9.17) is 0 Å². The Labute approximate surface area is 194 Å². The number of hydrogen-bond acceptors (Lipinski definition) is 5. The summed E-state index contributed by atoms with van der Waals surface area (Å²) in [7, 11) is 0. The number of amides is 4. The summed E-state index contributed by atoms with van der Waals surface area (Å²) in [4.78, 5) is 56.1. The predicted octanol–water partition coefficient (Wildman–Crippen LogP) is 4.01. The minimum Gasteiger partial charge on any atom is -0.269 e. The predicted molar refractivity (Wildman–Crippen MR) is 124 cm³/mol. The molecule has 0 fully saturated rings. The third-order valence-corrected chi connectivity index (χ3v) is 6.50. The maximum Gasteiger partial charge on any atom is 0.262 e. The lowest BCUT2D eigenvalue weighted by atomic mass is 9.99. The van der Waals surface area contributed by atoms with Crippen molar-refractivity contribution in [3.05, 3.63) is 70.8 Å². The zero-order valence-corrected chi connectivity index (χ0v) is 19.1. The molecule has 0 bridgehead atoms. The largest absolute Gasteiger partial charge is 0.269 e. The van der Waals surface area contributed by atoms with Crippen LogP contribution in [0.1, 0.15) is 81.0 Å². The van der Waals surface area contributed by atoms with E-state index in [1.54, 1.807) is 48.5 Å². The Morgan fingerprint density at radius 3 is 1.42 bits per heavy atom. The Morgan fingerprint density at radius 1 is 0.697 bits per heavy atom. The molecule has 172 valence electrons. The molecule has 2 aliphatic heterocycles. The summed E-state index contributed by atoms with van der Waals surface area (Å²) in [5, 5.41) is 0. The number of imide groups is 2. The van der Waals surface area contributed by atoms with Gasteiger partial charge in [-0.2, -0.15) is 0 Å². The Hall–Kier alpha value is -3.32. The average Bonchev–Trinajstić information content (AvgIpc) is 3.22. The van der Waals surface area contributed by atoms with Crippen LogP contribution < -0.4 is 0 Å². The Balaban J connectivity index is 1.57. The average molecular weight is 448 g/mol. The Morgan fingerprint density at radius 2 is 1.09 bits per heavy atom. The highest BCUT2D eigenvalue weighted by molar-refractivity contribution is 6.22. The van der Waals surface area contributed by atoms with Gasteiger partial charge in [-0.15, -0.1) is 0 Å². The van der Waals surface area contributed by atoms with Crippen LogP contribution in [0.2, 0.25) is 0 Å². The van der Waals surface area contributed by atoms with Crippen molar-refractivity contribution < 1.29 is 19.2 Å². The van der Waals surface area contributed by atoms with Crippen molar-refractivity contribution in [1.82, 2.24) is 14.7 Å². The van der Waals surface area contributed by atoms with E-state index in [0.29, 0.717) is 34.7 Å². The number of carbonyl (C=O) groups is 4. The van der Waals surface area contributed by atoms with E-state index in [-0.39, 0.29) is 37.0 Å². The number of unbranched alkanes of at least 4 members (excludes halogenated alkanes) is 1. The van der Waals surface area contributed by atoms with Crippen molar-refractivity contribution >= 4 is 23.6 Å². The molecular weight excluding hydrogens is 418 g/mol. The van der Waals surface area contributed by atoms with E-state index in [1.165, 1.54) is 9.80 Å². The molecule has 0 aliphatic carbocycles. The molecule has 4 rings (SSSR count). The number of benzene rings is 2. The lowest BCUT2D eigenvalue weighted by Crippen LogP contribution is -2.49. The van der Waals surface area contributed by atoms with Crippen LogP contribution in [0.15, 0.2) is 48.5 Å². The van der Waals surface area contributed by atoms with Gasteiger partial charge < -0.3 is 0 Å². The Bertz CT molecular complexity index is 949. The van der Waals surface area contributed by atoms with Crippen LogP contribution in [-0.2, 0) is 0 Å². The fourth-order valence-corrected chi connectivity index (χ4v) is 4.58. The van der Waals surface area contributed by atoms with E-state index in [2.05, 4.69) is 13.8 Å². The normalized spacial score (nSPS) is 16.1.